The summed E-state index contributed by atoms with van der Waals surface area (Å²) in [5.74, 6) is 0.550. The molecule has 0 fully saturated rings. The zero-order valence-corrected chi connectivity index (χ0v) is 16.1. The maximum absolute atomic E-state index is 12.0. The third-order valence-electron chi connectivity index (χ3n) is 3.05. The molecule has 0 bridgehead atoms. The van der Waals surface area contributed by atoms with Gasteiger partial charge in [-0.15, -0.1) is 10.2 Å². The molecule has 1 aromatic heterocycles. The summed E-state index contributed by atoms with van der Waals surface area (Å²) in [7, 11) is 0. The zero-order valence-electron chi connectivity index (χ0n) is 13.0. The standard InChI is InChI=1S/C16H11Cl3N4O2S/c17-9-5-6-12(11(19)7-9)20-15(24)21-16-23-22-14(26-16)8-25-13-4-2-1-3-10(13)18/h1-7H,8H2,(H2,20,21,23,24). The lowest BCUT2D eigenvalue weighted by molar-refractivity contribution is 0.262. The summed E-state index contributed by atoms with van der Waals surface area (Å²) in [5.41, 5.74) is 0.431. The van der Waals surface area contributed by atoms with Crippen LogP contribution in [0, 0.1) is 0 Å². The Bertz CT molecular complexity index is 935. The van der Waals surface area contributed by atoms with Gasteiger partial charge in [0.05, 0.1) is 15.7 Å². The van der Waals surface area contributed by atoms with Gasteiger partial charge in [-0.3, -0.25) is 5.32 Å². The Kier molecular flexibility index (Phi) is 6.16. The van der Waals surface area contributed by atoms with Gasteiger partial charge in [0, 0.05) is 5.02 Å². The van der Waals surface area contributed by atoms with Crippen molar-refractivity contribution >= 4 is 63.0 Å². The van der Waals surface area contributed by atoms with E-state index in [1.165, 1.54) is 17.4 Å². The van der Waals surface area contributed by atoms with Crippen LogP contribution < -0.4 is 15.4 Å². The van der Waals surface area contributed by atoms with Crippen molar-refractivity contribution in [2.45, 2.75) is 6.61 Å². The number of urea groups is 1. The van der Waals surface area contributed by atoms with Gasteiger partial charge in [0.25, 0.3) is 0 Å². The number of rotatable bonds is 5. The van der Waals surface area contributed by atoms with Crippen LogP contribution in [0.5, 0.6) is 5.75 Å². The summed E-state index contributed by atoms with van der Waals surface area (Å²) in [6.45, 7) is 0.188. The molecule has 134 valence electrons. The molecule has 0 unspecified atom stereocenters. The topological polar surface area (TPSA) is 76.1 Å². The van der Waals surface area contributed by atoms with E-state index in [1.54, 1.807) is 24.3 Å². The fourth-order valence-electron chi connectivity index (χ4n) is 1.91. The molecule has 0 aliphatic heterocycles. The van der Waals surface area contributed by atoms with E-state index in [1.807, 2.05) is 12.1 Å². The molecule has 3 aromatic rings. The van der Waals surface area contributed by atoms with Gasteiger partial charge >= 0.3 is 6.03 Å². The number of nitrogens with one attached hydrogen (secondary N) is 2. The Labute approximate surface area is 168 Å². The molecular weight excluding hydrogens is 419 g/mol. The molecule has 3 rings (SSSR count). The SMILES string of the molecule is O=C(Nc1nnc(COc2ccccc2Cl)s1)Nc1ccc(Cl)cc1Cl. The first-order valence-electron chi connectivity index (χ1n) is 7.24. The maximum Gasteiger partial charge on any atom is 0.325 e. The number of para-hydroxylation sites is 1. The average molecular weight is 430 g/mol. The summed E-state index contributed by atoms with van der Waals surface area (Å²) in [6, 6.07) is 11.4. The molecule has 2 amide bonds. The van der Waals surface area contributed by atoms with Crippen molar-refractivity contribution in [2.24, 2.45) is 0 Å². The van der Waals surface area contributed by atoms with E-state index in [-0.39, 0.29) is 6.61 Å². The van der Waals surface area contributed by atoms with Crippen LogP contribution in [-0.4, -0.2) is 16.2 Å². The number of nitrogens with zero attached hydrogens (tertiary/aromatic N) is 2. The van der Waals surface area contributed by atoms with Crippen LogP contribution in [0.2, 0.25) is 15.1 Å². The van der Waals surface area contributed by atoms with Crippen molar-refractivity contribution < 1.29 is 9.53 Å². The summed E-state index contributed by atoms with van der Waals surface area (Å²) in [4.78, 5) is 12.0. The lowest BCUT2D eigenvalue weighted by atomic mass is 10.3. The Balaban J connectivity index is 1.56. The molecule has 1 heterocycles. The highest BCUT2D eigenvalue weighted by molar-refractivity contribution is 7.15. The van der Waals surface area contributed by atoms with Gasteiger partial charge in [0.15, 0.2) is 5.01 Å². The lowest BCUT2D eigenvalue weighted by Gasteiger charge is -2.07. The summed E-state index contributed by atoms with van der Waals surface area (Å²) >= 11 is 19.0. The fraction of sp³-hybridized carbons (Fsp3) is 0.0625. The Morgan fingerprint density at radius 2 is 1.85 bits per heavy atom. The molecule has 0 aliphatic carbocycles. The van der Waals surface area contributed by atoms with Gasteiger partial charge in [0.1, 0.15) is 12.4 Å². The number of amides is 2. The summed E-state index contributed by atoms with van der Waals surface area (Å²) in [5, 5.41) is 15.3. The number of anilines is 2. The molecule has 0 atom stereocenters. The highest BCUT2D eigenvalue weighted by atomic mass is 35.5. The molecule has 2 aromatic carbocycles. The quantitative estimate of drug-likeness (QED) is 0.544. The first-order valence-corrected chi connectivity index (χ1v) is 9.19. The minimum absolute atomic E-state index is 0.188. The Hall–Kier alpha value is -2.06. The highest BCUT2D eigenvalue weighted by Crippen LogP contribution is 2.27. The first kappa shape index (κ1) is 18.7. The van der Waals surface area contributed by atoms with Crippen molar-refractivity contribution in [3.05, 3.63) is 62.5 Å². The van der Waals surface area contributed by atoms with E-state index in [4.69, 9.17) is 39.5 Å². The normalized spacial score (nSPS) is 10.4. The molecule has 0 spiro atoms. The third-order valence-corrected chi connectivity index (χ3v) is 4.73. The number of hydrogen-bond acceptors (Lipinski definition) is 5. The largest absolute Gasteiger partial charge is 0.485 e. The van der Waals surface area contributed by atoms with E-state index in [2.05, 4.69) is 20.8 Å². The number of halogens is 3. The van der Waals surface area contributed by atoms with Crippen LogP contribution in [-0.2, 0) is 6.61 Å². The molecule has 26 heavy (non-hydrogen) atoms. The molecule has 0 radical (unpaired) electrons. The van der Waals surface area contributed by atoms with Gasteiger partial charge in [-0.1, -0.05) is 58.3 Å². The second-order valence-corrected chi connectivity index (χ2v) is 7.24. The van der Waals surface area contributed by atoms with Gasteiger partial charge in [0.2, 0.25) is 5.13 Å². The van der Waals surface area contributed by atoms with Crippen LogP contribution in [0.4, 0.5) is 15.6 Å². The summed E-state index contributed by atoms with van der Waals surface area (Å²) < 4.78 is 5.58. The van der Waals surface area contributed by atoms with Crippen LogP contribution >= 0.6 is 46.1 Å². The van der Waals surface area contributed by atoms with Crippen molar-refractivity contribution in [1.82, 2.24) is 10.2 Å². The van der Waals surface area contributed by atoms with E-state index < -0.39 is 6.03 Å². The van der Waals surface area contributed by atoms with Crippen LogP contribution in [0.25, 0.3) is 0 Å². The highest BCUT2D eigenvalue weighted by Gasteiger charge is 2.11. The fourth-order valence-corrected chi connectivity index (χ4v) is 3.20. The lowest BCUT2D eigenvalue weighted by Crippen LogP contribution is -2.19. The first-order chi connectivity index (χ1) is 12.5. The van der Waals surface area contributed by atoms with Crippen molar-refractivity contribution in [3.63, 3.8) is 0 Å². The van der Waals surface area contributed by atoms with Crippen LogP contribution in [0.1, 0.15) is 5.01 Å². The molecule has 0 saturated carbocycles. The van der Waals surface area contributed by atoms with E-state index in [0.717, 1.165) is 0 Å². The number of carbonyl (C=O) groups excluding carboxylic acids is 1. The van der Waals surface area contributed by atoms with Crippen molar-refractivity contribution in [1.29, 1.82) is 0 Å². The predicted molar refractivity (Wildman–Crippen MR) is 105 cm³/mol. The number of aromatic nitrogens is 2. The van der Waals surface area contributed by atoms with E-state index in [9.17, 15) is 4.79 Å². The minimum Gasteiger partial charge on any atom is -0.485 e. The molecule has 0 aliphatic rings. The predicted octanol–water partition coefficient (Wildman–Crippen LogP) is 5.72. The van der Waals surface area contributed by atoms with Crippen LogP contribution in [0.3, 0.4) is 0 Å². The van der Waals surface area contributed by atoms with Crippen molar-refractivity contribution in [3.8, 4) is 5.75 Å². The molecule has 6 nitrogen and oxygen atoms in total. The number of hydrogen-bond donors (Lipinski definition) is 2. The third kappa shape index (κ3) is 4.98. The van der Waals surface area contributed by atoms with Crippen LogP contribution in [0.15, 0.2) is 42.5 Å². The molecule has 2 N–H and O–H groups in total. The van der Waals surface area contributed by atoms with Gasteiger partial charge in [-0.25, -0.2) is 4.79 Å². The Morgan fingerprint density at radius 3 is 2.62 bits per heavy atom. The molecular formula is C16H11Cl3N4O2S. The molecule has 0 saturated heterocycles. The van der Waals surface area contributed by atoms with Gasteiger partial charge < -0.3 is 10.1 Å². The minimum atomic E-state index is -0.496. The smallest absolute Gasteiger partial charge is 0.325 e. The summed E-state index contributed by atoms with van der Waals surface area (Å²) in [6.07, 6.45) is 0. The van der Waals surface area contributed by atoms with Gasteiger partial charge in [-0.05, 0) is 30.3 Å². The van der Waals surface area contributed by atoms with E-state index >= 15 is 0 Å². The Morgan fingerprint density at radius 1 is 1.04 bits per heavy atom. The van der Waals surface area contributed by atoms with Crippen molar-refractivity contribution in [2.75, 3.05) is 10.6 Å². The second kappa shape index (κ2) is 8.55. The number of carbonyl (C=O) groups is 1. The maximum atomic E-state index is 12.0. The van der Waals surface area contributed by atoms with Gasteiger partial charge in [-0.2, -0.15) is 0 Å². The van der Waals surface area contributed by atoms with E-state index in [0.29, 0.717) is 36.6 Å². The molecule has 10 heteroatoms. The monoisotopic (exact) mass is 428 g/mol. The second-order valence-electron chi connectivity index (χ2n) is 4.92. The zero-order chi connectivity index (χ0) is 18.5. The number of benzene rings is 2. The average Bonchev–Trinajstić information content (AvgIpc) is 3.04. The number of ether oxygens (including phenoxy) is 1.